The number of rotatable bonds is 5. The summed E-state index contributed by atoms with van der Waals surface area (Å²) >= 11 is 0. The van der Waals surface area contributed by atoms with Crippen molar-refractivity contribution in [2.24, 2.45) is 0 Å². The molecule has 0 amide bonds. The van der Waals surface area contributed by atoms with Crippen LogP contribution in [0.3, 0.4) is 0 Å². The molecule has 4 nitrogen and oxygen atoms in total. The van der Waals surface area contributed by atoms with Crippen LogP contribution in [0.5, 0.6) is 0 Å². The van der Waals surface area contributed by atoms with Gasteiger partial charge in [-0.2, -0.15) is 0 Å². The summed E-state index contributed by atoms with van der Waals surface area (Å²) in [5.41, 5.74) is 3.05. The average Bonchev–Trinajstić information content (AvgIpc) is 2.63. The van der Waals surface area contributed by atoms with Crippen LogP contribution in [0.2, 0.25) is 0 Å². The SMILES string of the molecule is Cc1ccccc1C(=O)c1cccnc1CC(=O)c1ccncc1. The smallest absolute Gasteiger partial charge is 0.195 e. The lowest BCUT2D eigenvalue weighted by Crippen LogP contribution is -2.12. The predicted octanol–water partition coefficient (Wildman–Crippen LogP) is 3.44. The largest absolute Gasteiger partial charge is 0.294 e. The van der Waals surface area contributed by atoms with Crippen LogP contribution in [0.1, 0.15) is 37.5 Å². The normalized spacial score (nSPS) is 10.4. The van der Waals surface area contributed by atoms with Crippen molar-refractivity contribution >= 4 is 11.6 Å². The maximum atomic E-state index is 12.8. The first-order chi connectivity index (χ1) is 11.7. The monoisotopic (exact) mass is 316 g/mol. The number of aromatic nitrogens is 2. The number of ketones is 2. The van der Waals surface area contributed by atoms with Crippen molar-refractivity contribution in [1.29, 1.82) is 0 Å². The molecule has 0 saturated carbocycles. The van der Waals surface area contributed by atoms with Gasteiger partial charge in [-0.05, 0) is 36.8 Å². The van der Waals surface area contributed by atoms with Crippen LogP contribution in [0, 0.1) is 6.92 Å². The second-order valence-electron chi connectivity index (χ2n) is 5.48. The first-order valence-electron chi connectivity index (χ1n) is 7.64. The van der Waals surface area contributed by atoms with Gasteiger partial charge in [0, 0.05) is 35.3 Å². The summed E-state index contributed by atoms with van der Waals surface area (Å²) in [5, 5.41) is 0. The van der Waals surface area contributed by atoms with Gasteiger partial charge in [-0.1, -0.05) is 24.3 Å². The molecule has 0 atom stereocenters. The van der Waals surface area contributed by atoms with E-state index in [1.165, 1.54) is 0 Å². The molecule has 0 N–H and O–H groups in total. The maximum absolute atomic E-state index is 12.8. The van der Waals surface area contributed by atoms with Gasteiger partial charge in [-0.3, -0.25) is 19.6 Å². The second kappa shape index (κ2) is 6.96. The van der Waals surface area contributed by atoms with E-state index >= 15 is 0 Å². The Bertz CT molecular complexity index is 889. The highest BCUT2D eigenvalue weighted by atomic mass is 16.1. The lowest BCUT2D eigenvalue weighted by molar-refractivity contribution is 0.0991. The van der Waals surface area contributed by atoms with E-state index in [-0.39, 0.29) is 18.0 Å². The zero-order valence-corrected chi connectivity index (χ0v) is 13.3. The van der Waals surface area contributed by atoms with Crippen LogP contribution in [0.15, 0.2) is 67.1 Å². The summed E-state index contributed by atoms with van der Waals surface area (Å²) < 4.78 is 0. The topological polar surface area (TPSA) is 59.9 Å². The van der Waals surface area contributed by atoms with Crippen molar-refractivity contribution in [2.45, 2.75) is 13.3 Å². The quantitative estimate of drug-likeness (QED) is 0.677. The van der Waals surface area contributed by atoms with Crippen molar-refractivity contribution in [1.82, 2.24) is 9.97 Å². The molecule has 3 aromatic rings. The highest BCUT2D eigenvalue weighted by Crippen LogP contribution is 2.17. The van der Waals surface area contributed by atoms with Crippen molar-refractivity contribution in [2.75, 3.05) is 0 Å². The number of hydrogen-bond donors (Lipinski definition) is 0. The Kier molecular flexibility index (Phi) is 4.57. The number of hydrogen-bond acceptors (Lipinski definition) is 4. The third-order valence-corrected chi connectivity index (χ3v) is 3.85. The zero-order valence-electron chi connectivity index (χ0n) is 13.3. The summed E-state index contributed by atoms with van der Waals surface area (Å²) in [6.45, 7) is 1.89. The molecule has 1 aromatic carbocycles. The number of pyridine rings is 2. The van der Waals surface area contributed by atoms with Gasteiger partial charge in [-0.25, -0.2) is 0 Å². The Morgan fingerprint density at radius 3 is 2.33 bits per heavy atom. The van der Waals surface area contributed by atoms with E-state index in [4.69, 9.17) is 0 Å². The van der Waals surface area contributed by atoms with Gasteiger partial charge in [0.15, 0.2) is 11.6 Å². The van der Waals surface area contributed by atoms with E-state index in [0.717, 1.165) is 5.56 Å². The minimum absolute atomic E-state index is 0.0812. The average molecular weight is 316 g/mol. The molecular formula is C20H16N2O2. The molecule has 0 aliphatic heterocycles. The second-order valence-corrected chi connectivity index (χ2v) is 5.48. The first-order valence-corrected chi connectivity index (χ1v) is 7.64. The molecule has 2 heterocycles. The van der Waals surface area contributed by atoms with Crippen LogP contribution in [-0.4, -0.2) is 21.5 Å². The molecule has 0 fully saturated rings. The number of aryl methyl sites for hydroxylation is 1. The Morgan fingerprint density at radius 2 is 1.58 bits per heavy atom. The molecule has 4 heteroatoms. The molecule has 0 aliphatic carbocycles. The van der Waals surface area contributed by atoms with E-state index in [2.05, 4.69) is 9.97 Å². The van der Waals surface area contributed by atoms with E-state index < -0.39 is 0 Å². The van der Waals surface area contributed by atoms with E-state index in [1.807, 2.05) is 25.1 Å². The lowest BCUT2D eigenvalue weighted by Gasteiger charge is -2.09. The highest BCUT2D eigenvalue weighted by Gasteiger charge is 2.18. The van der Waals surface area contributed by atoms with Crippen LogP contribution >= 0.6 is 0 Å². The standard InChI is InChI=1S/C20H16N2O2/c1-14-5-2-3-6-16(14)20(24)17-7-4-10-22-18(17)13-19(23)15-8-11-21-12-9-15/h2-12H,13H2,1H3. The van der Waals surface area contributed by atoms with E-state index in [1.54, 1.807) is 48.9 Å². The van der Waals surface area contributed by atoms with Gasteiger partial charge in [0.2, 0.25) is 0 Å². The van der Waals surface area contributed by atoms with E-state index in [9.17, 15) is 9.59 Å². The number of nitrogens with zero attached hydrogens (tertiary/aromatic N) is 2. The van der Waals surface area contributed by atoms with Gasteiger partial charge in [0.1, 0.15) is 0 Å². The molecule has 2 aromatic heterocycles. The number of Topliss-reactive ketones (excluding diaryl/α,β-unsaturated/α-hetero) is 1. The minimum Gasteiger partial charge on any atom is -0.294 e. The molecular weight excluding hydrogens is 300 g/mol. The third-order valence-electron chi connectivity index (χ3n) is 3.85. The maximum Gasteiger partial charge on any atom is 0.195 e. The molecule has 0 bridgehead atoms. The fourth-order valence-corrected chi connectivity index (χ4v) is 2.55. The van der Waals surface area contributed by atoms with Gasteiger partial charge in [0.05, 0.1) is 12.1 Å². The zero-order chi connectivity index (χ0) is 16.9. The van der Waals surface area contributed by atoms with Crippen molar-refractivity contribution in [3.05, 3.63) is 95.1 Å². The molecule has 0 aliphatic rings. The predicted molar refractivity (Wildman–Crippen MR) is 91.1 cm³/mol. The molecule has 0 spiro atoms. The first kappa shape index (κ1) is 15.7. The van der Waals surface area contributed by atoms with Crippen molar-refractivity contribution < 1.29 is 9.59 Å². The Balaban J connectivity index is 1.93. The van der Waals surface area contributed by atoms with Crippen molar-refractivity contribution in [3.63, 3.8) is 0 Å². The summed E-state index contributed by atoms with van der Waals surface area (Å²) in [6.07, 6.45) is 4.83. The number of benzene rings is 1. The molecule has 3 rings (SSSR count). The third kappa shape index (κ3) is 3.27. The Morgan fingerprint density at radius 1 is 0.875 bits per heavy atom. The summed E-state index contributed by atoms with van der Waals surface area (Å²) in [4.78, 5) is 33.4. The van der Waals surface area contributed by atoms with Gasteiger partial charge >= 0.3 is 0 Å². The van der Waals surface area contributed by atoms with Crippen LogP contribution in [0.4, 0.5) is 0 Å². The molecule has 0 radical (unpaired) electrons. The molecule has 0 unspecified atom stereocenters. The molecule has 24 heavy (non-hydrogen) atoms. The number of carbonyl (C=O) groups excluding carboxylic acids is 2. The van der Waals surface area contributed by atoms with Gasteiger partial charge in [0.25, 0.3) is 0 Å². The number of carbonyl (C=O) groups is 2. The van der Waals surface area contributed by atoms with Gasteiger partial charge in [-0.15, -0.1) is 0 Å². The van der Waals surface area contributed by atoms with Crippen molar-refractivity contribution in [3.8, 4) is 0 Å². The Hall–Kier alpha value is -3.14. The summed E-state index contributed by atoms with van der Waals surface area (Å²) in [5.74, 6) is -0.200. The fourth-order valence-electron chi connectivity index (χ4n) is 2.55. The van der Waals surface area contributed by atoms with Crippen LogP contribution in [-0.2, 0) is 6.42 Å². The fraction of sp³-hybridized carbons (Fsp3) is 0.100. The molecule has 0 saturated heterocycles. The summed E-state index contributed by atoms with van der Waals surface area (Å²) in [7, 11) is 0. The lowest BCUT2D eigenvalue weighted by atomic mass is 9.96. The van der Waals surface area contributed by atoms with E-state index in [0.29, 0.717) is 22.4 Å². The van der Waals surface area contributed by atoms with Crippen LogP contribution in [0.25, 0.3) is 0 Å². The molecule has 118 valence electrons. The van der Waals surface area contributed by atoms with Crippen LogP contribution < -0.4 is 0 Å². The van der Waals surface area contributed by atoms with Gasteiger partial charge < -0.3 is 0 Å². The minimum atomic E-state index is -0.112. The Labute approximate surface area is 140 Å². The summed E-state index contributed by atoms with van der Waals surface area (Å²) in [6, 6.07) is 14.2. The highest BCUT2D eigenvalue weighted by molar-refractivity contribution is 6.11.